The molecular formula is C19H21N3O2. The highest BCUT2D eigenvalue weighted by Gasteiger charge is 2.49. The number of benzene rings is 1. The molecule has 0 radical (unpaired) electrons. The topological polar surface area (TPSA) is 53.9 Å². The zero-order valence-electron chi connectivity index (χ0n) is 13.8. The molecule has 3 aliphatic rings. The molecular weight excluding hydrogens is 302 g/mol. The van der Waals surface area contributed by atoms with Gasteiger partial charge in [0.15, 0.2) is 0 Å². The van der Waals surface area contributed by atoms with Crippen LogP contribution in [0.25, 0.3) is 0 Å². The number of fused-ring (bicyclic) bond motifs is 1. The number of nitrogens with zero attached hydrogens (tertiary/aromatic N) is 2. The van der Waals surface area contributed by atoms with Gasteiger partial charge in [0.05, 0.1) is 6.04 Å². The molecule has 2 aliphatic carbocycles. The first-order chi connectivity index (χ1) is 11.7. The Morgan fingerprint density at radius 1 is 1.33 bits per heavy atom. The van der Waals surface area contributed by atoms with Gasteiger partial charge in [0.25, 0.3) is 0 Å². The predicted octanol–water partition coefficient (Wildman–Crippen LogP) is 2.19. The fourth-order valence-electron chi connectivity index (χ4n) is 3.63. The minimum Gasteiger partial charge on any atom is -0.458 e. The van der Waals surface area contributed by atoms with Crippen LogP contribution in [-0.4, -0.2) is 37.3 Å². The Bertz CT molecular complexity index is 738. The minimum atomic E-state index is 0.0808. The number of hydrogen-bond acceptors (Lipinski definition) is 4. The highest BCUT2D eigenvalue weighted by molar-refractivity contribution is 5.83. The quantitative estimate of drug-likeness (QED) is 0.924. The van der Waals surface area contributed by atoms with E-state index in [2.05, 4.69) is 22.6 Å². The van der Waals surface area contributed by atoms with E-state index in [1.807, 2.05) is 48.6 Å². The molecule has 1 heterocycles. The minimum absolute atomic E-state index is 0.0808. The van der Waals surface area contributed by atoms with Crippen molar-refractivity contribution in [2.45, 2.75) is 12.5 Å². The van der Waals surface area contributed by atoms with Crippen LogP contribution in [0.3, 0.4) is 0 Å². The largest absolute Gasteiger partial charge is 0.458 e. The van der Waals surface area contributed by atoms with Crippen molar-refractivity contribution < 1.29 is 9.53 Å². The summed E-state index contributed by atoms with van der Waals surface area (Å²) in [5.74, 6) is 2.38. The van der Waals surface area contributed by atoms with Crippen molar-refractivity contribution in [3.05, 3.63) is 53.8 Å². The van der Waals surface area contributed by atoms with Crippen molar-refractivity contribution >= 4 is 12.1 Å². The van der Waals surface area contributed by atoms with Gasteiger partial charge in [0, 0.05) is 32.1 Å². The van der Waals surface area contributed by atoms with Crippen LogP contribution in [0.15, 0.2) is 58.9 Å². The fourth-order valence-corrected chi connectivity index (χ4v) is 3.63. The molecule has 0 saturated heterocycles. The van der Waals surface area contributed by atoms with Crippen molar-refractivity contribution in [2.75, 3.05) is 14.1 Å². The maximum Gasteiger partial charge on any atom is 0.223 e. The summed E-state index contributed by atoms with van der Waals surface area (Å²) in [6.45, 7) is 0. The first-order valence-corrected chi connectivity index (χ1v) is 8.32. The third-order valence-electron chi connectivity index (χ3n) is 5.02. The van der Waals surface area contributed by atoms with Gasteiger partial charge in [-0.25, -0.2) is 0 Å². The van der Waals surface area contributed by atoms with E-state index in [4.69, 9.17) is 4.74 Å². The molecule has 4 atom stereocenters. The van der Waals surface area contributed by atoms with Gasteiger partial charge in [-0.05, 0) is 36.6 Å². The van der Waals surface area contributed by atoms with Gasteiger partial charge in [0.2, 0.25) is 5.91 Å². The molecule has 5 nitrogen and oxygen atoms in total. The van der Waals surface area contributed by atoms with Gasteiger partial charge in [-0.15, -0.1) is 0 Å². The standard InChI is InChI=1S/C19H21N3O2/c1-20-19(23)16-10-15(16)14-8-13(24-12-6-4-3-5-7-12)9-18-17(14)11-21-22(18)2/h3-9,11,15-18H,10H2,1-2H3,(H,20,23)/t15-,16+,17?,18?/m0/s1. The highest BCUT2D eigenvalue weighted by atomic mass is 16.5. The first kappa shape index (κ1) is 15.0. The lowest BCUT2D eigenvalue weighted by Gasteiger charge is -2.28. The van der Waals surface area contributed by atoms with Crippen molar-refractivity contribution in [1.82, 2.24) is 10.3 Å². The molecule has 1 aliphatic heterocycles. The number of carbonyl (C=O) groups excluding carboxylic acids is 1. The molecule has 1 aromatic carbocycles. The monoisotopic (exact) mass is 323 g/mol. The van der Waals surface area contributed by atoms with Crippen LogP contribution in [0, 0.1) is 17.8 Å². The van der Waals surface area contributed by atoms with Gasteiger partial charge < -0.3 is 10.1 Å². The lowest BCUT2D eigenvalue weighted by atomic mass is 9.84. The summed E-state index contributed by atoms with van der Waals surface area (Å²) in [7, 11) is 3.67. The average molecular weight is 323 g/mol. The van der Waals surface area contributed by atoms with Crippen LogP contribution >= 0.6 is 0 Å². The number of para-hydroxylation sites is 1. The van der Waals surface area contributed by atoms with E-state index < -0.39 is 0 Å². The van der Waals surface area contributed by atoms with Gasteiger partial charge in [0.1, 0.15) is 11.5 Å². The fraction of sp³-hybridized carbons (Fsp3) is 0.368. The second-order valence-corrected chi connectivity index (χ2v) is 6.55. The molecule has 0 bridgehead atoms. The molecule has 124 valence electrons. The summed E-state index contributed by atoms with van der Waals surface area (Å²) in [6.07, 6.45) is 7.12. The van der Waals surface area contributed by atoms with Gasteiger partial charge in [-0.2, -0.15) is 5.10 Å². The van der Waals surface area contributed by atoms with E-state index >= 15 is 0 Å². The molecule has 1 saturated carbocycles. The van der Waals surface area contributed by atoms with Crippen molar-refractivity contribution in [3.8, 4) is 5.75 Å². The Kier molecular flexibility index (Phi) is 3.63. The Morgan fingerprint density at radius 2 is 2.12 bits per heavy atom. The van der Waals surface area contributed by atoms with Crippen LogP contribution in [0.5, 0.6) is 5.75 Å². The Balaban J connectivity index is 1.60. The van der Waals surface area contributed by atoms with Gasteiger partial charge in [-0.3, -0.25) is 9.80 Å². The summed E-state index contributed by atoms with van der Waals surface area (Å²) in [5.41, 5.74) is 1.26. The van der Waals surface area contributed by atoms with Crippen LogP contribution in [0.2, 0.25) is 0 Å². The first-order valence-electron chi connectivity index (χ1n) is 8.32. The highest BCUT2D eigenvalue weighted by Crippen LogP contribution is 2.50. The molecule has 5 heteroatoms. The summed E-state index contributed by atoms with van der Waals surface area (Å²) in [6, 6.07) is 9.93. The number of hydrazone groups is 1. The van der Waals surface area contributed by atoms with Crippen molar-refractivity contribution in [2.24, 2.45) is 22.9 Å². The lowest BCUT2D eigenvalue weighted by molar-refractivity contribution is -0.122. The maximum absolute atomic E-state index is 11.9. The molecule has 1 fully saturated rings. The molecule has 1 N–H and O–H groups in total. The molecule has 4 rings (SSSR count). The zero-order valence-corrected chi connectivity index (χ0v) is 13.8. The molecule has 2 unspecified atom stereocenters. The van der Waals surface area contributed by atoms with E-state index in [1.54, 1.807) is 7.05 Å². The molecule has 24 heavy (non-hydrogen) atoms. The average Bonchev–Trinajstić information content (AvgIpc) is 3.32. The van der Waals surface area contributed by atoms with E-state index in [0.717, 1.165) is 17.9 Å². The molecule has 1 amide bonds. The summed E-state index contributed by atoms with van der Waals surface area (Å²) in [4.78, 5) is 11.9. The lowest BCUT2D eigenvalue weighted by Crippen LogP contribution is -2.32. The number of rotatable bonds is 4. The number of hydrogen-bond donors (Lipinski definition) is 1. The number of allylic oxidation sites excluding steroid dienone is 1. The smallest absolute Gasteiger partial charge is 0.223 e. The van der Waals surface area contributed by atoms with Gasteiger partial charge >= 0.3 is 0 Å². The van der Waals surface area contributed by atoms with Crippen molar-refractivity contribution in [1.29, 1.82) is 0 Å². The van der Waals surface area contributed by atoms with E-state index in [9.17, 15) is 4.79 Å². The van der Waals surface area contributed by atoms with Crippen LogP contribution in [0.4, 0.5) is 0 Å². The predicted molar refractivity (Wildman–Crippen MR) is 92.4 cm³/mol. The summed E-state index contributed by atoms with van der Waals surface area (Å²) >= 11 is 0. The third-order valence-corrected chi connectivity index (χ3v) is 5.02. The van der Waals surface area contributed by atoms with E-state index in [1.165, 1.54) is 5.57 Å². The normalized spacial score (nSPS) is 30.3. The molecule has 0 spiro atoms. The van der Waals surface area contributed by atoms with Crippen molar-refractivity contribution in [3.63, 3.8) is 0 Å². The Labute approximate surface area is 141 Å². The van der Waals surface area contributed by atoms with Crippen LogP contribution < -0.4 is 10.1 Å². The Hall–Kier alpha value is -2.56. The second-order valence-electron chi connectivity index (χ2n) is 6.55. The SMILES string of the molecule is CNC(=O)[C@@H]1C[C@H]1C1=CC(Oc2ccccc2)=CC2C1C=NN2C. The maximum atomic E-state index is 11.9. The van der Waals surface area contributed by atoms with E-state index in [0.29, 0.717) is 5.92 Å². The second kappa shape index (κ2) is 5.82. The Morgan fingerprint density at radius 3 is 2.88 bits per heavy atom. The zero-order chi connectivity index (χ0) is 16.7. The number of carbonyl (C=O) groups is 1. The number of amides is 1. The molecule has 1 aromatic rings. The third kappa shape index (κ3) is 2.60. The van der Waals surface area contributed by atoms with E-state index in [-0.39, 0.29) is 23.8 Å². The summed E-state index contributed by atoms with van der Waals surface area (Å²) in [5, 5.41) is 9.16. The summed E-state index contributed by atoms with van der Waals surface area (Å²) < 4.78 is 6.04. The number of ether oxygens (including phenoxy) is 1. The number of likely N-dealkylation sites (N-methyl/N-ethyl adjacent to an activating group) is 1. The molecule has 0 aromatic heterocycles. The van der Waals surface area contributed by atoms with Crippen LogP contribution in [0.1, 0.15) is 6.42 Å². The number of nitrogens with one attached hydrogen (secondary N) is 1. The van der Waals surface area contributed by atoms with Gasteiger partial charge in [-0.1, -0.05) is 23.8 Å². The van der Waals surface area contributed by atoms with Crippen LogP contribution in [-0.2, 0) is 4.79 Å².